The van der Waals surface area contributed by atoms with Crippen LogP contribution in [0.5, 0.6) is 0 Å². The van der Waals surface area contributed by atoms with Crippen molar-refractivity contribution in [3.8, 4) is 0 Å². The Morgan fingerprint density at radius 1 is 1.47 bits per heavy atom. The number of H-pyrrole nitrogens is 1. The molecule has 102 valence electrons. The summed E-state index contributed by atoms with van der Waals surface area (Å²) in [6.07, 6.45) is 3.03. The topological polar surface area (TPSA) is 93.0 Å². The molecule has 2 atom stereocenters. The first kappa shape index (κ1) is 12.2. The van der Waals surface area contributed by atoms with Crippen LogP contribution < -0.4 is 10.6 Å². The molecule has 0 aliphatic carbocycles. The lowest BCUT2D eigenvalue weighted by Crippen LogP contribution is -2.44. The molecule has 0 amide bonds. The fourth-order valence-electron chi connectivity index (χ4n) is 2.61. The summed E-state index contributed by atoms with van der Waals surface area (Å²) in [5.41, 5.74) is 6.43. The maximum atomic E-state index is 5.76. The summed E-state index contributed by atoms with van der Waals surface area (Å²) in [7, 11) is 1.76. The zero-order chi connectivity index (χ0) is 13.4. The summed E-state index contributed by atoms with van der Waals surface area (Å²) in [4.78, 5) is 10.7. The molecule has 3 heterocycles. The van der Waals surface area contributed by atoms with Gasteiger partial charge in [0.15, 0.2) is 5.65 Å². The minimum Gasteiger partial charge on any atom is -0.379 e. The van der Waals surface area contributed by atoms with E-state index in [1.54, 1.807) is 13.3 Å². The summed E-state index contributed by atoms with van der Waals surface area (Å²) in [6, 6.07) is 0. The molecule has 7 heteroatoms. The van der Waals surface area contributed by atoms with Gasteiger partial charge in [-0.15, -0.1) is 0 Å². The van der Waals surface area contributed by atoms with Gasteiger partial charge in [0.2, 0.25) is 5.95 Å². The highest BCUT2D eigenvalue weighted by Crippen LogP contribution is 2.28. The highest BCUT2D eigenvalue weighted by molar-refractivity contribution is 5.87. The molecule has 1 aliphatic rings. The van der Waals surface area contributed by atoms with E-state index in [-0.39, 0.29) is 12.1 Å². The van der Waals surface area contributed by atoms with E-state index in [9.17, 15) is 0 Å². The van der Waals surface area contributed by atoms with Crippen molar-refractivity contribution in [1.82, 2.24) is 20.2 Å². The van der Waals surface area contributed by atoms with Crippen LogP contribution in [0.3, 0.4) is 0 Å². The number of hydrogen-bond acceptors (Lipinski definition) is 6. The highest BCUT2D eigenvalue weighted by Gasteiger charge is 2.28. The van der Waals surface area contributed by atoms with Crippen LogP contribution in [0.15, 0.2) is 6.20 Å². The van der Waals surface area contributed by atoms with Crippen LogP contribution in [-0.2, 0) is 4.74 Å². The van der Waals surface area contributed by atoms with Gasteiger partial charge in [-0.25, -0.2) is 0 Å². The summed E-state index contributed by atoms with van der Waals surface area (Å²) in [6.45, 7) is 3.97. The molecular weight excluding hydrogens is 244 g/mol. The molecule has 1 aliphatic heterocycles. The Balaban J connectivity index is 1.97. The Bertz CT molecular complexity index is 583. The monoisotopic (exact) mass is 262 g/mol. The lowest BCUT2D eigenvalue weighted by atomic mass is 9.96. The number of ether oxygens (including phenoxy) is 1. The SMILES string of the molecule is COC1CN(c2nc(N)nc3[nH]ncc23)CCC1C. The molecule has 1 fully saturated rings. The molecule has 0 bridgehead atoms. The van der Waals surface area contributed by atoms with E-state index in [0.29, 0.717) is 11.6 Å². The lowest BCUT2D eigenvalue weighted by molar-refractivity contribution is 0.0497. The number of fused-ring (bicyclic) bond motifs is 1. The quantitative estimate of drug-likeness (QED) is 0.831. The summed E-state index contributed by atoms with van der Waals surface area (Å²) in [5.74, 6) is 1.66. The van der Waals surface area contributed by atoms with Crippen LogP contribution in [0, 0.1) is 5.92 Å². The highest BCUT2D eigenvalue weighted by atomic mass is 16.5. The number of methoxy groups -OCH3 is 1. The molecule has 3 N–H and O–H groups in total. The van der Waals surface area contributed by atoms with Gasteiger partial charge in [-0.3, -0.25) is 5.10 Å². The molecule has 0 aromatic carbocycles. The summed E-state index contributed by atoms with van der Waals surface area (Å²) >= 11 is 0. The molecule has 19 heavy (non-hydrogen) atoms. The second-order valence-corrected chi connectivity index (χ2v) is 5.02. The van der Waals surface area contributed by atoms with Gasteiger partial charge in [0.05, 0.1) is 17.7 Å². The normalized spacial score (nSPS) is 24.0. The van der Waals surface area contributed by atoms with E-state index in [1.165, 1.54) is 0 Å². The summed E-state index contributed by atoms with van der Waals surface area (Å²) in [5, 5.41) is 7.75. The van der Waals surface area contributed by atoms with Gasteiger partial charge < -0.3 is 15.4 Å². The Morgan fingerprint density at radius 3 is 3.11 bits per heavy atom. The number of rotatable bonds is 2. The van der Waals surface area contributed by atoms with Crippen molar-refractivity contribution >= 4 is 22.8 Å². The van der Waals surface area contributed by atoms with Crippen molar-refractivity contribution < 1.29 is 4.74 Å². The van der Waals surface area contributed by atoms with Gasteiger partial charge in [0.1, 0.15) is 5.82 Å². The average molecular weight is 262 g/mol. The predicted octanol–water partition coefficient (Wildman–Crippen LogP) is 0.796. The molecule has 2 aromatic heterocycles. The second kappa shape index (κ2) is 4.65. The van der Waals surface area contributed by atoms with Crippen LogP contribution >= 0.6 is 0 Å². The van der Waals surface area contributed by atoms with E-state index in [0.717, 1.165) is 30.7 Å². The van der Waals surface area contributed by atoms with Crippen molar-refractivity contribution in [3.05, 3.63) is 6.20 Å². The van der Waals surface area contributed by atoms with Gasteiger partial charge in [-0.1, -0.05) is 6.92 Å². The van der Waals surface area contributed by atoms with E-state index in [1.807, 2.05) is 0 Å². The van der Waals surface area contributed by atoms with E-state index >= 15 is 0 Å². The molecule has 0 spiro atoms. The lowest BCUT2D eigenvalue weighted by Gasteiger charge is -2.37. The predicted molar refractivity (Wildman–Crippen MR) is 72.9 cm³/mol. The number of aromatic amines is 1. The molecule has 1 saturated heterocycles. The van der Waals surface area contributed by atoms with Gasteiger partial charge in [0.25, 0.3) is 0 Å². The molecular formula is C12H18N6O. The van der Waals surface area contributed by atoms with E-state index in [2.05, 4.69) is 32.0 Å². The van der Waals surface area contributed by atoms with Crippen molar-refractivity contribution in [2.75, 3.05) is 30.8 Å². The Hall–Kier alpha value is -1.89. The molecule has 2 unspecified atom stereocenters. The number of aromatic nitrogens is 4. The molecule has 7 nitrogen and oxygen atoms in total. The minimum atomic E-state index is 0.215. The number of anilines is 2. The van der Waals surface area contributed by atoms with Crippen LogP contribution in [0.2, 0.25) is 0 Å². The van der Waals surface area contributed by atoms with Gasteiger partial charge in [0, 0.05) is 20.2 Å². The van der Waals surface area contributed by atoms with Crippen LogP contribution in [0.4, 0.5) is 11.8 Å². The third kappa shape index (κ3) is 2.10. The Kier molecular flexibility index (Phi) is 2.98. The fourth-order valence-corrected chi connectivity index (χ4v) is 2.61. The number of nitrogens with two attached hydrogens (primary N) is 1. The van der Waals surface area contributed by atoms with Gasteiger partial charge in [-0.05, 0) is 12.3 Å². The van der Waals surface area contributed by atoms with Crippen molar-refractivity contribution in [2.45, 2.75) is 19.4 Å². The van der Waals surface area contributed by atoms with Crippen LogP contribution in [0.1, 0.15) is 13.3 Å². The van der Waals surface area contributed by atoms with Crippen LogP contribution in [0.25, 0.3) is 11.0 Å². The fraction of sp³-hybridized carbons (Fsp3) is 0.583. The standard InChI is InChI=1S/C12H18N6O/c1-7-3-4-18(6-9(7)19-2)11-8-5-14-17-10(8)15-12(13)16-11/h5,7,9H,3-4,6H2,1-2H3,(H3,13,14,15,16,17). The zero-order valence-corrected chi connectivity index (χ0v) is 11.1. The van der Waals surface area contributed by atoms with Gasteiger partial charge >= 0.3 is 0 Å². The number of piperidine rings is 1. The molecule has 2 aromatic rings. The van der Waals surface area contributed by atoms with Crippen LogP contribution in [-0.4, -0.2) is 46.5 Å². The van der Waals surface area contributed by atoms with Crippen molar-refractivity contribution in [3.63, 3.8) is 0 Å². The van der Waals surface area contributed by atoms with E-state index in [4.69, 9.17) is 10.5 Å². The first-order valence-corrected chi connectivity index (χ1v) is 6.43. The first-order valence-electron chi connectivity index (χ1n) is 6.43. The Labute approximate surface area is 111 Å². The number of nitrogens with one attached hydrogen (secondary N) is 1. The summed E-state index contributed by atoms with van der Waals surface area (Å²) < 4.78 is 5.54. The maximum absolute atomic E-state index is 5.76. The number of nitrogen functional groups attached to an aromatic ring is 1. The minimum absolute atomic E-state index is 0.215. The first-order chi connectivity index (χ1) is 9.19. The zero-order valence-electron chi connectivity index (χ0n) is 11.1. The van der Waals surface area contributed by atoms with Gasteiger partial charge in [-0.2, -0.15) is 15.1 Å². The largest absolute Gasteiger partial charge is 0.379 e. The van der Waals surface area contributed by atoms with Crippen molar-refractivity contribution in [2.24, 2.45) is 5.92 Å². The molecule has 0 radical (unpaired) electrons. The second-order valence-electron chi connectivity index (χ2n) is 5.02. The Morgan fingerprint density at radius 2 is 2.32 bits per heavy atom. The molecule has 0 saturated carbocycles. The maximum Gasteiger partial charge on any atom is 0.224 e. The third-order valence-corrected chi connectivity index (χ3v) is 3.80. The third-order valence-electron chi connectivity index (χ3n) is 3.80. The number of nitrogens with zero attached hydrogens (tertiary/aromatic N) is 4. The smallest absolute Gasteiger partial charge is 0.224 e. The average Bonchev–Trinajstić information content (AvgIpc) is 2.86. The molecule has 3 rings (SSSR count). The van der Waals surface area contributed by atoms with E-state index < -0.39 is 0 Å². The number of hydrogen-bond donors (Lipinski definition) is 2. The van der Waals surface area contributed by atoms with Crippen molar-refractivity contribution in [1.29, 1.82) is 0 Å².